The van der Waals surface area contributed by atoms with Crippen LogP contribution >= 0.6 is 11.3 Å². The van der Waals surface area contributed by atoms with Crippen molar-refractivity contribution in [3.8, 4) is 11.1 Å². The number of nitrogens with one attached hydrogen (secondary N) is 2. The minimum atomic E-state index is 1.09. The van der Waals surface area contributed by atoms with Crippen LogP contribution in [0.3, 0.4) is 0 Å². The van der Waals surface area contributed by atoms with Crippen LogP contribution in [0, 0.1) is 0 Å². The first kappa shape index (κ1) is 19.5. The Labute approximate surface area is 215 Å². The predicted molar refractivity (Wildman–Crippen MR) is 159 cm³/mol. The summed E-state index contributed by atoms with van der Waals surface area (Å²) in [6.45, 7) is 0. The first-order valence-electron chi connectivity index (χ1n) is 12.5. The highest BCUT2D eigenvalue weighted by molar-refractivity contribution is 7.18. The lowest BCUT2D eigenvalue weighted by molar-refractivity contribution is 1.52. The summed E-state index contributed by atoms with van der Waals surface area (Å²) in [5, 5.41) is 10.0. The Balaban J connectivity index is 1.34. The molecule has 3 aromatic heterocycles. The van der Waals surface area contributed by atoms with Gasteiger partial charge < -0.3 is 9.97 Å². The minimum absolute atomic E-state index is 1.09. The highest BCUT2D eigenvalue weighted by atomic mass is 32.1. The molecule has 3 heterocycles. The number of para-hydroxylation sites is 2. The molecule has 0 atom stereocenters. The fourth-order valence-electron chi connectivity index (χ4n) is 6.20. The molecule has 4 heteroatoms. The molecule has 0 fully saturated rings. The van der Waals surface area contributed by atoms with Crippen LogP contribution in [0.25, 0.3) is 86.5 Å². The van der Waals surface area contributed by atoms with E-state index in [0.29, 0.717) is 0 Å². The van der Waals surface area contributed by atoms with Crippen LogP contribution in [0.2, 0.25) is 0 Å². The van der Waals surface area contributed by atoms with E-state index >= 15 is 0 Å². The zero-order valence-electron chi connectivity index (χ0n) is 19.7. The lowest BCUT2D eigenvalue weighted by Crippen LogP contribution is -1.85. The lowest BCUT2D eigenvalue weighted by Gasteiger charge is -2.09. The Morgan fingerprint density at radius 1 is 0.514 bits per heavy atom. The van der Waals surface area contributed by atoms with E-state index in [-0.39, 0.29) is 0 Å². The molecule has 2 N–H and O–H groups in total. The molecule has 0 aliphatic heterocycles. The molecule has 0 bridgehead atoms. The van der Waals surface area contributed by atoms with E-state index in [0.717, 1.165) is 11.0 Å². The van der Waals surface area contributed by atoms with Gasteiger partial charge in [0.1, 0.15) is 0 Å². The van der Waals surface area contributed by atoms with Crippen LogP contribution in [-0.2, 0) is 0 Å². The van der Waals surface area contributed by atoms with Crippen molar-refractivity contribution in [1.29, 1.82) is 0 Å². The molecule has 0 spiro atoms. The zero-order valence-corrected chi connectivity index (χ0v) is 20.5. The first-order valence-corrected chi connectivity index (χ1v) is 13.3. The Bertz CT molecular complexity index is 2370. The summed E-state index contributed by atoms with van der Waals surface area (Å²) in [7, 11) is 0. The Hall–Kier alpha value is -4.67. The summed E-state index contributed by atoms with van der Waals surface area (Å²) in [6.07, 6.45) is 0. The highest BCUT2D eigenvalue weighted by Crippen LogP contribution is 2.40. The van der Waals surface area contributed by atoms with Gasteiger partial charge in [0.2, 0.25) is 0 Å². The SMILES string of the molecule is c1ccc2c(c1)[nH]c1cc3c(cc12)[nH]c1c(-c2ccc4c5ccccc5c5scnc5c4c2)cccc13. The molecule has 0 amide bonds. The van der Waals surface area contributed by atoms with Gasteiger partial charge in [0, 0.05) is 54.4 Å². The number of aromatic nitrogens is 3. The van der Waals surface area contributed by atoms with Gasteiger partial charge in [-0.3, -0.25) is 0 Å². The molecule has 9 aromatic rings. The number of hydrogen-bond acceptors (Lipinski definition) is 2. The van der Waals surface area contributed by atoms with Crippen molar-refractivity contribution >= 4 is 86.7 Å². The van der Waals surface area contributed by atoms with E-state index in [1.807, 2.05) is 5.51 Å². The van der Waals surface area contributed by atoms with E-state index in [2.05, 4.69) is 107 Å². The highest BCUT2D eigenvalue weighted by Gasteiger charge is 2.15. The van der Waals surface area contributed by atoms with Gasteiger partial charge in [-0.2, -0.15) is 0 Å². The van der Waals surface area contributed by atoms with E-state index in [4.69, 9.17) is 4.98 Å². The normalized spacial score (nSPS) is 12.3. The van der Waals surface area contributed by atoms with Crippen molar-refractivity contribution < 1.29 is 0 Å². The number of thiazole rings is 1. The summed E-state index contributed by atoms with van der Waals surface area (Å²) in [6, 6.07) is 35.2. The van der Waals surface area contributed by atoms with Gasteiger partial charge in [-0.25, -0.2) is 4.98 Å². The maximum atomic E-state index is 4.79. The number of rotatable bonds is 1. The van der Waals surface area contributed by atoms with Crippen molar-refractivity contribution in [2.75, 3.05) is 0 Å². The summed E-state index contributed by atoms with van der Waals surface area (Å²) in [5.41, 5.74) is 10.1. The number of benzene rings is 6. The maximum Gasteiger partial charge on any atom is 0.0897 e. The molecule has 6 aromatic carbocycles. The molecule has 0 radical (unpaired) electrons. The molecule has 37 heavy (non-hydrogen) atoms. The molecule has 3 nitrogen and oxygen atoms in total. The molecule has 0 saturated carbocycles. The van der Waals surface area contributed by atoms with Crippen molar-refractivity contribution in [3.05, 3.63) is 103 Å². The van der Waals surface area contributed by atoms with Crippen LogP contribution < -0.4 is 0 Å². The first-order chi connectivity index (χ1) is 18.3. The quantitative estimate of drug-likeness (QED) is 0.222. The van der Waals surface area contributed by atoms with Crippen molar-refractivity contribution in [1.82, 2.24) is 15.0 Å². The van der Waals surface area contributed by atoms with Crippen molar-refractivity contribution in [2.45, 2.75) is 0 Å². The number of nitrogens with zero attached hydrogens (tertiary/aromatic N) is 1. The second-order valence-electron chi connectivity index (χ2n) is 9.80. The van der Waals surface area contributed by atoms with Gasteiger partial charge >= 0.3 is 0 Å². The zero-order chi connectivity index (χ0) is 24.1. The topological polar surface area (TPSA) is 44.5 Å². The summed E-state index contributed by atoms with van der Waals surface area (Å²) in [5.74, 6) is 0. The average Bonchev–Trinajstić information content (AvgIpc) is 3.67. The predicted octanol–water partition coefficient (Wildman–Crippen LogP) is 9.54. The largest absolute Gasteiger partial charge is 0.354 e. The van der Waals surface area contributed by atoms with Gasteiger partial charge in [-0.05, 0) is 40.6 Å². The van der Waals surface area contributed by atoms with Crippen LogP contribution in [0.1, 0.15) is 0 Å². The minimum Gasteiger partial charge on any atom is -0.354 e. The molecular formula is C33H19N3S. The fraction of sp³-hybridized carbons (Fsp3) is 0. The number of H-pyrrole nitrogens is 2. The van der Waals surface area contributed by atoms with Crippen LogP contribution in [0.5, 0.6) is 0 Å². The van der Waals surface area contributed by atoms with Gasteiger partial charge in [0.25, 0.3) is 0 Å². The van der Waals surface area contributed by atoms with E-state index < -0.39 is 0 Å². The van der Waals surface area contributed by atoms with Gasteiger partial charge in [0.15, 0.2) is 0 Å². The summed E-state index contributed by atoms with van der Waals surface area (Å²) < 4.78 is 1.26. The van der Waals surface area contributed by atoms with E-state index in [1.54, 1.807) is 11.3 Å². The van der Waals surface area contributed by atoms with Crippen molar-refractivity contribution in [3.63, 3.8) is 0 Å². The van der Waals surface area contributed by atoms with E-state index in [1.165, 1.54) is 75.5 Å². The fourth-order valence-corrected chi connectivity index (χ4v) is 7.04. The Morgan fingerprint density at radius 3 is 2.16 bits per heavy atom. The van der Waals surface area contributed by atoms with E-state index in [9.17, 15) is 0 Å². The molecule has 0 unspecified atom stereocenters. The average molecular weight is 490 g/mol. The smallest absolute Gasteiger partial charge is 0.0897 e. The Kier molecular flexibility index (Phi) is 3.67. The van der Waals surface area contributed by atoms with Gasteiger partial charge in [0.05, 0.1) is 21.2 Å². The standard InChI is InChI=1S/C33H19N3S/c1-2-8-24-20(6-1)21-13-12-18(14-27(21)32-33(24)37-17-34-32)19-9-5-10-23-26-16-29-25(15-30(26)36-31(19)23)22-7-3-4-11-28(22)35-29/h1-17,35-36H. The third kappa shape index (κ3) is 2.57. The maximum absolute atomic E-state index is 4.79. The monoisotopic (exact) mass is 489 g/mol. The Morgan fingerprint density at radius 2 is 1.24 bits per heavy atom. The molecule has 0 aliphatic carbocycles. The number of aromatic amines is 2. The number of hydrogen-bond donors (Lipinski definition) is 2. The summed E-state index contributed by atoms with van der Waals surface area (Å²) >= 11 is 1.72. The molecule has 0 saturated heterocycles. The van der Waals surface area contributed by atoms with Gasteiger partial charge in [-0.15, -0.1) is 11.3 Å². The number of fused-ring (bicyclic) bond motifs is 12. The molecule has 172 valence electrons. The van der Waals surface area contributed by atoms with Gasteiger partial charge in [-0.1, -0.05) is 72.8 Å². The lowest BCUT2D eigenvalue weighted by atomic mass is 9.95. The van der Waals surface area contributed by atoms with Crippen LogP contribution in [0.15, 0.2) is 103 Å². The molecule has 9 rings (SSSR count). The second-order valence-corrected chi connectivity index (χ2v) is 10.7. The molecular weight excluding hydrogens is 470 g/mol. The second kappa shape index (κ2) is 6.96. The van der Waals surface area contributed by atoms with Crippen molar-refractivity contribution in [2.24, 2.45) is 0 Å². The summed E-state index contributed by atoms with van der Waals surface area (Å²) in [4.78, 5) is 12.2. The molecule has 0 aliphatic rings. The third-order valence-corrected chi connectivity index (χ3v) is 8.73. The van der Waals surface area contributed by atoms with Crippen LogP contribution in [0.4, 0.5) is 0 Å². The van der Waals surface area contributed by atoms with Crippen LogP contribution in [-0.4, -0.2) is 15.0 Å². The third-order valence-electron chi connectivity index (χ3n) is 7.87.